The Morgan fingerprint density at radius 3 is 1.82 bits per heavy atom. The van der Waals surface area contributed by atoms with Crippen LogP contribution in [0.4, 0.5) is 17.1 Å². The molecule has 8 aromatic rings. The van der Waals surface area contributed by atoms with E-state index in [1.807, 2.05) is 12.1 Å². The van der Waals surface area contributed by atoms with Crippen molar-refractivity contribution in [3.05, 3.63) is 146 Å². The van der Waals surface area contributed by atoms with Crippen molar-refractivity contribution in [1.29, 1.82) is 0 Å². The van der Waals surface area contributed by atoms with Crippen molar-refractivity contribution in [1.82, 2.24) is 4.57 Å². The van der Waals surface area contributed by atoms with E-state index in [9.17, 15) is 0 Å². The minimum absolute atomic E-state index is 0.916. The molecule has 0 aliphatic rings. The summed E-state index contributed by atoms with van der Waals surface area (Å²) in [5, 5.41) is 4.67. The van der Waals surface area contributed by atoms with Crippen molar-refractivity contribution >= 4 is 60.8 Å². The van der Waals surface area contributed by atoms with Crippen LogP contribution in [0.25, 0.3) is 49.4 Å². The first-order valence-electron chi connectivity index (χ1n) is 13.2. The number of para-hydroxylation sites is 4. The zero-order valence-electron chi connectivity index (χ0n) is 21.2. The zero-order chi connectivity index (χ0) is 25.8. The molecule has 8 rings (SSSR count). The van der Waals surface area contributed by atoms with Crippen LogP contribution in [-0.4, -0.2) is 4.57 Å². The van der Waals surface area contributed by atoms with E-state index in [-0.39, 0.29) is 0 Å². The number of hydrogen-bond acceptors (Lipinski definition) is 2. The van der Waals surface area contributed by atoms with Crippen molar-refractivity contribution < 1.29 is 4.42 Å². The van der Waals surface area contributed by atoms with Crippen LogP contribution in [0.1, 0.15) is 0 Å². The highest BCUT2D eigenvalue weighted by Crippen LogP contribution is 2.40. The molecule has 2 aromatic heterocycles. The van der Waals surface area contributed by atoms with Gasteiger partial charge in [0.1, 0.15) is 11.2 Å². The summed E-state index contributed by atoms with van der Waals surface area (Å²) in [6.45, 7) is 0. The van der Waals surface area contributed by atoms with E-state index in [4.69, 9.17) is 4.42 Å². The van der Waals surface area contributed by atoms with Gasteiger partial charge >= 0.3 is 0 Å². The Bertz CT molecular complexity index is 2080. The number of benzene rings is 6. The molecule has 0 saturated heterocycles. The molecule has 0 radical (unpaired) electrons. The average Bonchev–Trinajstić information content (AvgIpc) is 3.52. The summed E-state index contributed by atoms with van der Waals surface area (Å²) in [5.41, 5.74) is 8.63. The van der Waals surface area contributed by atoms with Gasteiger partial charge in [-0.1, -0.05) is 78.9 Å². The largest absolute Gasteiger partial charge is 0.456 e. The highest BCUT2D eigenvalue weighted by atomic mass is 16.3. The van der Waals surface area contributed by atoms with Gasteiger partial charge in [-0.2, -0.15) is 0 Å². The highest BCUT2D eigenvalue weighted by molar-refractivity contribution is 6.17. The Morgan fingerprint density at radius 1 is 0.410 bits per heavy atom. The number of anilines is 3. The summed E-state index contributed by atoms with van der Waals surface area (Å²) in [5.74, 6) is 0. The second-order valence-electron chi connectivity index (χ2n) is 9.84. The van der Waals surface area contributed by atoms with E-state index >= 15 is 0 Å². The number of furan rings is 1. The molecule has 184 valence electrons. The minimum Gasteiger partial charge on any atom is -0.456 e. The lowest BCUT2D eigenvalue weighted by atomic mass is 10.1. The molecular weight excluding hydrogens is 476 g/mol. The van der Waals surface area contributed by atoms with Gasteiger partial charge in [-0.15, -0.1) is 0 Å². The quantitative estimate of drug-likeness (QED) is 0.240. The smallest absolute Gasteiger partial charge is 0.136 e. The molecule has 0 N–H and O–H groups in total. The molecule has 2 heterocycles. The van der Waals surface area contributed by atoms with Crippen LogP contribution in [0, 0.1) is 0 Å². The van der Waals surface area contributed by atoms with E-state index in [1.54, 1.807) is 0 Å². The average molecular weight is 501 g/mol. The van der Waals surface area contributed by atoms with Crippen molar-refractivity contribution in [2.75, 3.05) is 4.90 Å². The van der Waals surface area contributed by atoms with Gasteiger partial charge in [0.2, 0.25) is 0 Å². The summed E-state index contributed by atoms with van der Waals surface area (Å²) in [7, 11) is 0. The maximum absolute atomic E-state index is 6.26. The molecule has 0 fully saturated rings. The second kappa shape index (κ2) is 8.64. The molecule has 0 unspecified atom stereocenters. The fourth-order valence-electron chi connectivity index (χ4n) is 5.84. The summed E-state index contributed by atoms with van der Waals surface area (Å²) in [4.78, 5) is 2.30. The fraction of sp³-hybridized carbons (Fsp3) is 0. The first-order chi connectivity index (χ1) is 19.3. The predicted octanol–water partition coefficient (Wildman–Crippen LogP) is 10.2. The van der Waals surface area contributed by atoms with E-state index in [2.05, 4.69) is 143 Å². The number of rotatable bonds is 4. The summed E-state index contributed by atoms with van der Waals surface area (Å²) in [6, 6.07) is 51.3. The Hall–Kier alpha value is -5.28. The SMILES string of the molecule is c1ccc(N(c2ccccc2)c2cccc(-n3c4ccccc4c4cc5oc6ccccc6c5cc43)c2)cc1. The monoisotopic (exact) mass is 500 g/mol. The third kappa shape index (κ3) is 3.44. The summed E-state index contributed by atoms with van der Waals surface area (Å²) >= 11 is 0. The van der Waals surface area contributed by atoms with Crippen LogP contribution < -0.4 is 4.90 Å². The zero-order valence-corrected chi connectivity index (χ0v) is 21.2. The van der Waals surface area contributed by atoms with Gasteiger partial charge in [0.25, 0.3) is 0 Å². The van der Waals surface area contributed by atoms with E-state index in [0.717, 1.165) is 44.7 Å². The standard InChI is InChI=1S/C36H24N2O/c1-3-12-25(13-4-1)37(26-14-5-2-6-15-26)27-16-11-17-28(22-27)38-33-20-9-7-18-29(33)31-24-36-32(23-34(31)38)30-19-8-10-21-35(30)39-36/h1-24H. The van der Waals surface area contributed by atoms with Crippen molar-refractivity contribution in [2.24, 2.45) is 0 Å². The van der Waals surface area contributed by atoms with Gasteiger partial charge in [0.15, 0.2) is 0 Å². The lowest BCUT2D eigenvalue weighted by Crippen LogP contribution is -2.10. The third-order valence-corrected chi connectivity index (χ3v) is 7.55. The van der Waals surface area contributed by atoms with Gasteiger partial charge in [-0.25, -0.2) is 0 Å². The van der Waals surface area contributed by atoms with E-state index in [0.29, 0.717) is 0 Å². The Morgan fingerprint density at radius 2 is 1.05 bits per heavy atom. The first kappa shape index (κ1) is 21.8. The first-order valence-corrected chi connectivity index (χ1v) is 13.2. The molecule has 0 spiro atoms. The fourth-order valence-corrected chi connectivity index (χ4v) is 5.84. The van der Waals surface area contributed by atoms with Crippen LogP contribution in [-0.2, 0) is 0 Å². The van der Waals surface area contributed by atoms with Gasteiger partial charge in [0, 0.05) is 44.3 Å². The van der Waals surface area contributed by atoms with Crippen molar-refractivity contribution in [3.63, 3.8) is 0 Å². The lowest BCUT2D eigenvalue weighted by molar-refractivity contribution is 0.669. The molecule has 39 heavy (non-hydrogen) atoms. The number of aromatic nitrogens is 1. The van der Waals surface area contributed by atoms with Crippen molar-refractivity contribution in [2.45, 2.75) is 0 Å². The maximum Gasteiger partial charge on any atom is 0.136 e. The van der Waals surface area contributed by atoms with Crippen LogP contribution in [0.5, 0.6) is 0 Å². The van der Waals surface area contributed by atoms with Crippen LogP contribution >= 0.6 is 0 Å². The lowest BCUT2D eigenvalue weighted by Gasteiger charge is -2.26. The third-order valence-electron chi connectivity index (χ3n) is 7.55. The second-order valence-corrected chi connectivity index (χ2v) is 9.84. The molecule has 0 aliphatic carbocycles. The normalized spacial score (nSPS) is 11.6. The topological polar surface area (TPSA) is 21.3 Å². The molecular formula is C36H24N2O. The Balaban J connectivity index is 1.40. The summed E-state index contributed by atoms with van der Waals surface area (Å²) < 4.78 is 8.64. The van der Waals surface area contributed by atoms with Crippen LogP contribution in [0.2, 0.25) is 0 Å². The summed E-state index contributed by atoms with van der Waals surface area (Å²) in [6.07, 6.45) is 0. The van der Waals surface area contributed by atoms with Gasteiger partial charge in [-0.3, -0.25) is 0 Å². The molecule has 0 atom stereocenters. The number of nitrogens with zero attached hydrogens (tertiary/aromatic N) is 2. The van der Waals surface area contributed by atoms with E-state index < -0.39 is 0 Å². The maximum atomic E-state index is 6.26. The molecule has 3 nitrogen and oxygen atoms in total. The molecule has 0 aliphatic heterocycles. The molecule has 0 bridgehead atoms. The van der Waals surface area contributed by atoms with Crippen molar-refractivity contribution in [3.8, 4) is 5.69 Å². The molecule has 0 amide bonds. The number of fused-ring (bicyclic) bond motifs is 6. The Kier molecular flexibility index (Phi) is 4.82. The van der Waals surface area contributed by atoms with Crippen LogP contribution in [0.15, 0.2) is 150 Å². The van der Waals surface area contributed by atoms with Crippen LogP contribution in [0.3, 0.4) is 0 Å². The predicted molar refractivity (Wildman–Crippen MR) is 163 cm³/mol. The van der Waals surface area contributed by atoms with Gasteiger partial charge < -0.3 is 13.9 Å². The Labute approximate surface area is 225 Å². The van der Waals surface area contributed by atoms with E-state index in [1.165, 1.54) is 21.8 Å². The van der Waals surface area contributed by atoms with Gasteiger partial charge in [-0.05, 0) is 66.7 Å². The molecule has 3 heteroatoms. The number of hydrogen-bond donors (Lipinski definition) is 0. The minimum atomic E-state index is 0.916. The highest BCUT2D eigenvalue weighted by Gasteiger charge is 2.18. The van der Waals surface area contributed by atoms with Gasteiger partial charge in [0.05, 0.1) is 11.0 Å². The molecule has 6 aromatic carbocycles. The molecule has 0 saturated carbocycles.